The highest BCUT2D eigenvalue weighted by atomic mass is 16.5. The molecule has 0 bridgehead atoms. The maximum atomic E-state index is 11.1. The number of esters is 1. The highest BCUT2D eigenvalue weighted by Crippen LogP contribution is 1.99. The fourth-order valence-corrected chi connectivity index (χ4v) is 0.856. The van der Waals surface area contributed by atoms with E-state index >= 15 is 0 Å². The Morgan fingerprint density at radius 2 is 2.08 bits per heavy atom. The molecule has 0 spiro atoms. The van der Waals surface area contributed by atoms with Gasteiger partial charge in [0.05, 0.1) is 25.6 Å². The smallest absolute Gasteiger partial charge is 0.336 e. The minimum Gasteiger partial charge on any atom is -0.504 e. The summed E-state index contributed by atoms with van der Waals surface area (Å²) in [5, 5.41) is 0. The summed E-state index contributed by atoms with van der Waals surface area (Å²) in [6.07, 6.45) is 4.55. The maximum Gasteiger partial charge on any atom is 0.336 e. The fourth-order valence-electron chi connectivity index (χ4n) is 0.856. The molecule has 0 saturated heterocycles. The molecule has 0 aliphatic heterocycles. The van der Waals surface area contributed by atoms with Crippen molar-refractivity contribution >= 4 is 5.97 Å². The van der Waals surface area contributed by atoms with Crippen molar-refractivity contribution in [2.75, 3.05) is 13.7 Å². The summed E-state index contributed by atoms with van der Waals surface area (Å²) in [6, 6.07) is 0. The Balaban J connectivity index is 3.56. The zero-order valence-electron chi connectivity index (χ0n) is 8.63. The fraction of sp³-hybridized carbons (Fsp3) is 0.700. The second-order valence-electron chi connectivity index (χ2n) is 2.88. The minimum atomic E-state index is -0.294. The predicted octanol–water partition coefficient (Wildman–Crippen LogP) is 2.27. The summed E-state index contributed by atoms with van der Waals surface area (Å²) in [5.74, 6) is -0.294. The van der Waals surface area contributed by atoms with Crippen LogP contribution in [-0.2, 0) is 14.3 Å². The molecule has 0 amide bonds. The van der Waals surface area contributed by atoms with Gasteiger partial charge in [0, 0.05) is 0 Å². The van der Waals surface area contributed by atoms with E-state index in [1.165, 1.54) is 13.4 Å². The Hall–Kier alpha value is -0.990. The SMILES string of the molecule is CCCCCOC(=O)/C(C)=C/OC. The molecule has 0 heterocycles. The van der Waals surface area contributed by atoms with E-state index in [9.17, 15) is 4.79 Å². The number of methoxy groups -OCH3 is 1. The van der Waals surface area contributed by atoms with Gasteiger partial charge in [-0.1, -0.05) is 19.8 Å². The molecule has 3 heteroatoms. The summed E-state index contributed by atoms with van der Waals surface area (Å²) in [6.45, 7) is 4.28. The summed E-state index contributed by atoms with van der Waals surface area (Å²) >= 11 is 0. The number of hydrogen-bond acceptors (Lipinski definition) is 3. The van der Waals surface area contributed by atoms with Crippen LogP contribution in [0.2, 0.25) is 0 Å². The first-order chi connectivity index (χ1) is 6.22. The standard InChI is InChI=1S/C10H18O3/c1-4-5-6-7-13-10(11)9(2)8-12-3/h8H,4-7H2,1-3H3/b9-8+. The van der Waals surface area contributed by atoms with Crippen LogP contribution >= 0.6 is 0 Å². The van der Waals surface area contributed by atoms with E-state index in [0.29, 0.717) is 12.2 Å². The van der Waals surface area contributed by atoms with Crippen molar-refractivity contribution in [3.05, 3.63) is 11.8 Å². The van der Waals surface area contributed by atoms with Gasteiger partial charge in [0.25, 0.3) is 0 Å². The first kappa shape index (κ1) is 12.0. The van der Waals surface area contributed by atoms with Gasteiger partial charge < -0.3 is 9.47 Å². The van der Waals surface area contributed by atoms with Crippen molar-refractivity contribution in [1.82, 2.24) is 0 Å². The van der Waals surface area contributed by atoms with Gasteiger partial charge in [-0.2, -0.15) is 0 Å². The number of carbonyl (C=O) groups excluding carboxylic acids is 1. The van der Waals surface area contributed by atoms with E-state index in [1.54, 1.807) is 6.92 Å². The molecule has 0 fully saturated rings. The Labute approximate surface area is 79.7 Å². The third-order valence-corrected chi connectivity index (χ3v) is 1.60. The zero-order valence-corrected chi connectivity index (χ0v) is 8.63. The summed E-state index contributed by atoms with van der Waals surface area (Å²) in [7, 11) is 1.51. The van der Waals surface area contributed by atoms with Crippen LogP contribution in [0.3, 0.4) is 0 Å². The van der Waals surface area contributed by atoms with E-state index in [1.807, 2.05) is 0 Å². The molecule has 0 N–H and O–H groups in total. The van der Waals surface area contributed by atoms with Crippen molar-refractivity contribution in [1.29, 1.82) is 0 Å². The van der Waals surface area contributed by atoms with Crippen molar-refractivity contribution < 1.29 is 14.3 Å². The molecular formula is C10H18O3. The Morgan fingerprint density at radius 1 is 1.38 bits per heavy atom. The molecule has 13 heavy (non-hydrogen) atoms. The van der Waals surface area contributed by atoms with Gasteiger partial charge in [-0.05, 0) is 13.3 Å². The summed E-state index contributed by atoms with van der Waals surface area (Å²) < 4.78 is 9.66. The van der Waals surface area contributed by atoms with E-state index in [2.05, 4.69) is 11.7 Å². The van der Waals surface area contributed by atoms with Crippen molar-refractivity contribution in [3.8, 4) is 0 Å². The van der Waals surface area contributed by atoms with Crippen molar-refractivity contribution in [2.24, 2.45) is 0 Å². The molecule has 0 unspecified atom stereocenters. The lowest BCUT2D eigenvalue weighted by Crippen LogP contribution is -2.07. The van der Waals surface area contributed by atoms with Gasteiger partial charge in [0.15, 0.2) is 0 Å². The van der Waals surface area contributed by atoms with Crippen LogP contribution in [0, 0.1) is 0 Å². The largest absolute Gasteiger partial charge is 0.504 e. The predicted molar refractivity (Wildman–Crippen MR) is 51.3 cm³/mol. The van der Waals surface area contributed by atoms with Crippen molar-refractivity contribution in [2.45, 2.75) is 33.1 Å². The molecule has 0 aromatic heterocycles. The third-order valence-electron chi connectivity index (χ3n) is 1.60. The van der Waals surface area contributed by atoms with Gasteiger partial charge in [0.2, 0.25) is 0 Å². The topological polar surface area (TPSA) is 35.5 Å². The molecule has 0 rings (SSSR count). The minimum absolute atomic E-state index is 0.294. The van der Waals surface area contributed by atoms with Gasteiger partial charge in [-0.3, -0.25) is 0 Å². The first-order valence-electron chi connectivity index (χ1n) is 4.59. The van der Waals surface area contributed by atoms with Gasteiger partial charge in [-0.15, -0.1) is 0 Å². The quantitative estimate of drug-likeness (QED) is 0.276. The number of unbranched alkanes of at least 4 members (excludes halogenated alkanes) is 2. The second kappa shape index (κ2) is 7.65. The first-order valence-corrected chi connectivity index (χ1v) is 4.59. The van der Waals surface area contributed by atoms with Gasteiger partial charge in [-0.25, -0.2) is 4.79 Å². The molecule has 3 nitrogen and oxygen atoms in total. The average molecular weight is 186 g/mol. The van der Waals surface area contributed by atoms with E-state index in [-0.39, 0.29) is 5.97 Å². The number of carbonyl (C=O) groups is 1. The maximum absolute atomic E-state index is 11.1. The summed E-state index contributed by atoms with van der Waals surface area (Å²) in [4.78, 5) is 11.1. The van der Waals surface area contributed by atoms with Crippen LogP contribution in [0.15, 0.2) is 11.8 Å². The Morgan fingerprint density at radius 3 is 2.62 bits per heavy atom. The highest BCUT2D eigenvalue weighted by molar-refractivity contribution is 5.87. The second-order valence-corrected chi connectivity index (χ2v) is 2.88. The summed E-state index contributed by atoms with van der Waals surface area (Å²) in [5.41, 5.74) is 0.499. The molecule has 0 aromatic carbocycles. The lowest BCUT2D eigenvalue weighted by Gasteiger charge is -2.03. The van der Waals surface area contributed by atoms with Gasteiger partial charge >= 0.3 is 5.97 Å². The molecule has 0 atom stereocenters. The molecule has 0 aromatic rings. The number of hydrogen-bond donors (Lipinski definition) is 0. The zero-order chi connectivity index (χ0) is 10.1. The highest BCUT2D eigenvalue weighted by Gasteiger charge is 2.04. The molecule has 76 valence electrons. The number of ether oxygens (including phenoxy) is 2. The van der Waals surface area contributed by atoms with Gasteiger partial charge in [0.1, 0.15) is 0 Å². The molecule has 0 aliphatic carbocycles. The normalized spacial score (nSPS) is 11.2. The van der Waals surface area contributed by atoms with Crippen LogP contribution in [0.5, 0.6) is 0 Å². The average Bonchev–Trinajstić information content (AvgIpc) is 2.12. The molecule has 0 saturated carbocycles. The van der Waals surface area contributed by atoms with Crippen LogP contribution in [0.4, 0.5) is 0 Å². The third kappa shape index (κ3) is 6.20. The van der Waals surface area contributed by atoms with Crippen LogP contribution in [0.1, 0.15) is 33.1 Å². The molecule has 0 radical (unpaired) electrons. The van der Waals surface area contributed by atoms with Crippen LogP contribution in [-0.4, -0.2) is 19.7 Å². The Kier molecular flexibility index (Phi) is 7.07. The molecular weight excluding hydrogens is 168 g/mol. The number of rotatable bonds is 6. The van der Waals surface area contributed by atoms with E-state index < -0.39 is 0 Å². The van der Waals surface area contributed by atoms with E-state index in [4.69, 9.17) is 4.74 Å². The lowest BCUT2D eigenvalue weighted by atomic mass is 10.3. The lowest BCUT2D eigenvalue weighted by molar-refractivity contribution is -0.139. The van der Waals surface area contributed by atoms with Crippen LogP contribution in [0.25, 0.3) is 0 Å². The van der Waals surface area contributed by atoms with E-state index in [0.717, 1.165) is 19.3 Å². The monoisotopic (exact) mass is 186 g/mol. The molecule has 0 aliphatic rings. The van der Waals surface area contributed by atoms with Crippen LogP contribution < -0.4 is 0 Å². The van der Waals surface area contributed by atoms with Crippen molar-refractivity contribution in [3.63, 3.8) is 0 Å². The Bertz CT molecular complexity index is 173.